The van der Waals surface area contributed by atoms with Crippen molar-refractivity contribution >= 4 is 11.9 Å². The van der Waals surface area contributed by atoms with E-state index in [2.05, 4.69) is 11.2 Å². The van der Waals surface area contributed by atoms with Crippen LogP contribution in [0.3, 0.4) is 0 Å². The van der Waals surface area contributed by atoms with Crippen molar-refractivity contribution in [2.45, 2.75) is 39.7 Å². The minimum absolute atomic E-state index is 0.00558. The van der Waals surface area contributed by atoms with Crippen LogP contribution in [0, 0.1) is 18.3 Å². The van der Waals surface area contributed by atoms with Crippen molar-refractivity contribution in [2.24, 2.45) is 5.92 Å². The number of rotatable bonds is 3. The molecule has 3 amide bonds. The Bertz CT molecular complexity index is 387. The number of amides is 3. The van der Waals surface area contributed by atoms with E-state index in [0.29, 0.717) is 26.1 Å². The Hall–Kier alpha value is -1.70. The van der Waals surface area contributed by atoms with Crippen molar-refractivity contribution in [3.63, 3.8) is 0 Å². The molecular formula is C15H25N3O2. The third-order valence-corrected chi connectivity index (χ3v) is 3.38. The predicted molar refractivity (Wildman–Crippen MR) is 79.1 cm³/mol. The van der Waals surface area contributed by atoms with Gasteiger partial charge in [0, 0.05) is 44.6 Å². The fourth-order valence-electron chi connectivity index (χ4n) is 2.24. The van der Waals surface area contributed by atoms with Gasteiger partial charge in [0.15, 0.2) is 0 Å². The molecule has 0 aliphatic carbocycles. The monoisotopic (exact) mass is 279 g/mol. The molecule has 0 unspecified atom stereocenters. The van der Waals surface area contributed by atoms with Gasteiger partial charge in [-0.25, -0.2) is 4.79 Å². The molecule has 20 heavy (non-hydrogen) atoms. The van der Waals surface area contributed by atoms with Crippen LogP contribution in [-0.4, -0.2) is 54.0 Å². The minimum Gasteiger partial charge on any atom is -0.341 e. The van der Waals surface area contributed by atoms with Crippen molar-refractivity contribution in [3.8, 4) is 12.3 Å². The smallest absolute Gasteiger partial charge is 0.317 e. The molecule has 1 aliphatic rings. The maximum absolute atomic E-state index is 12.1. The molecule has 0 aromatic carbocycles. The van der Waals surface area contributed by atoms with E-state index in [-0.39, 0.29) is 23.9 Å². The number of terminal acetylenes is 1. The van der Waals surface area contributed by atoms with Crippen LogP contribution in [-0.2, 0) is 4.79 Å². The SMILES string of the molecule is C#CC[C@@H](C)NC(=O)N1CCCN(C(=O)C(C)C)CC1. The van der Waals surface area contributed by atoms with Gasteiger partial charge in [0.05, 0.1) is 0 Å². The summed E-state index contributed by atoms with van der Waals surface area (Å²) in [5.41, 5.74) is 0. The summed E-state index contributed by atoms with van der Waals surface area (Å²) in [5, 5.41) is 2.89. The molecule has 1 aliphatic heterocycles. The quantitative estimate of drug-likeness (QED) is 0.792. The first kappa shape index (κ1) is 16.4. The Morgan fingerprint density at radius 3 is 2.35 bits per heavy atom. The topological polar surface area (TPSA) is 52.7 Å². The molecule has 1 saturated heterocycles. The average molecular weight is 279 g/mol. The highest BCUT2D eigenvalue weighted by atomic mass is 16.2. The van der Waals surface area contributed by atoms with Crippen LogP contribution in [0.1, 0.15) is 33.6 Å². The van der Waals surface area contributed by atoms with Crippen LogP contribution in [0.5, 0.6) is 0 Å². The zero-order valence-electron chi connectivity index (χ0n) is 12.7. The normalized spacial score (nSPS) is 17.4. The lowest BCUT2D eigenvalue weighted by Gasteiger charge is -2.24. The molecular weight excluding hydrogens is 254 g/mol. The zero-order valence-corrected chi connectivity index (χ0v) is 12.7. The molecule has 0 radical (unpaired) electrons. The van der Waals surface area contributed by atoms with E-state index < -0.39 is 0 Å². The lowest BCUT2D eigenvalue weighted by atomic mass is 10.2. The Balaban J connectivity index is 2.49. The molecule has 5 nitrogen and oxygen atoms in total. The lowest BCUT2D eigenvalue weighted by Crippen LogP contribution is -2.45. The summed E-state index contributed by atoms with van der Waals surface area (Å²) in [5.74, 6) is 2.70. The van der Waals surface area contributed by atoms with Gasteiger partial charge in [-0.1, -0.05) is 13.8 Å². The van der Waals surface area contributed by atoms with Gasteiger partial charge in [-0.3, -0.25) is 4.79 Å². The van der Waals surface area contributed by atoms with Gasteiger partial charge in [-0.2, -0.15) is 0 Å². The highest BCUT2D eigenvalue weighted by Gasteiger charge is 2.23. The van der Waals surface area contributed by atoms with Crippen LogP contribution in [0.15, 0.2) is 0 Å². The number of urea groups is 1. The first-order chi connectivity index (χ1) is 9.45. The first-order valence-corrected chi connectivity index (χ1v) is 7.23. The van der Waals surface area contributed by atoms with Gasteiger partial charge < -0.3 is 15.1 Å². The fourth-order valence-corrected chi connectivity index (χ4v) is 2.24. The second-order valence-electron chi connectivity index (χ2n) is 5.58. The molecule has 112 valence electrons. The van der Waals surface area contributed by atoms with E-state index in [4.69, 9.17) is 6.42 Å². The Morgan fingerprint density at radius 1 is 1.15 bits per heavy atom. The zero-order chi connectivity index (χ0) is 15.1. The van der Waals surface area contributed by atoms with Crippen molar-refractivity contribution in [3.05, 3.63) is 0 Å². The maximum Gasteiger partial charge on any atom is 0.317 e. The van der Waals surface area contributed by atoms with E-state index in [1.54, 1.807) is 4.90 Å². The Morgan fingerprint density at radius 2 is 1.75 bits per heavy atom. The molecule has 0 bridgehead atoms. The van der Waals surface area contributed by atoms with Gasteiger partial charge >= 0.3 is 6.03 Å². The minimum atomic E-state index is -0.0911. The molecule has 5 heteroatoms. The number of carbonyl (C=O) groups excluding carboxylic acids is 2. The highest BCUT2D eigenvalue weighted by Crippen LogP contribution is 2.08. The number of hydrogen-bond donors (Lipinski definition) is 1. The number of nitrogens with one attached hydrogen (secondary N) is 1. The van der Waals surface area contributed by atoms with Crippen LogP contribution >= 0.6 is 0 Å². The summed E-state index contributed by atoms with van der Waals surface area (Å²) in [4.78, 5) is 27.7. The van der Waals surface area contributed by atoms with E-state index in [1.807, 2.05) is 25.7 Å². The predicted octanol–water partition coefficient (Wildman–Crippen LogP) is 1.30. The second kappa shape index (κ2) is 7.78. The van der Waals surface area contributed by atoms with E-state index in [1.165, 1.54) is 0 Å². The summed E-state index contributed by atoms with van der Waals surface area (Å²) in [6, 6.07) is -0.115. The lowest BCUT2D eigenvalue weighted by molar-refractivity contribution is -0.134. The van der Waals surface area contributed by atoms with Crippen LogP contribution in [0.25, 0.3) is 0 Å². The molecule has 1 heterocycles. The van der Waals surface area contributed by atoms with Crippen molar-refractivity contribution in [2.75, 3.05) is 26.2 Å². The van der Waals surface area contributed by atoms with E-state index in [0.717, 1.165) is 13.0 Å². The second-order valence-corrected chi connectivity index (χ2v) is 5.58. The van der Waals surface area contributed by atoms with Gasteiger partial charge in [-0.05, 0) is 13.3 Å². The number of carbonyl (C=O) groups is 2. The van der Waals surface area contributed by atoms with E-state index >= 15 is 0 Å². The van der Waals surface area contributed by atoms with Crippen molar-refractivity contribution in [1.29, 1.82) is 0 Å². The summed E-state index contributed by atoms with van der Waals surface area (Å²) < 4.78 is 0. The molecule has 1 fully saturated rings. The fraction of sp³-hybridized carbons (Fsp3) is 0.733. The molecule has 1 N–H and O–H groups in total. The van der Waals surface area contributed by atoms with Crippen LogP contribution in [0.2, 0.25) is 0 Å². The third kappa shape index (κ3) is 4.76. The van der Waals surface area contributed by atoms with Gasteiger partial charge in [0.1, 0.15) is 0 Å². The third-order valence-electron chi connectivity index (χ3n) is 3.38. The standard InChI is InChI=1S/C15H25N3O2/c1-5-7-13(4)16-15(20)18-9-6-8-17(10-11-18)14(19)12(2)3/h1,12-13H,6-11H2,2-4H3,(H,16,20)/t13-/m1/s1. The van der Waals surface area contributed by atoms with Crippen molar-refractivity contribution in [1.82, 2.24) is 15.1 Å². The summed E-state index contributed by atoms with van der Waals surface area (Å²) in [6.07, 6.45) is 6.57. The average Bonchev–Trinajstić information content (AvgIpc) is 2.63. The van der Waals surface area contributed by atoms with Crippen LogP contribution < -0.4 is 5.32 Å². The van der Waals surface area contributed by atoms with E-state index in [9.17, 15) is 9.59 Å². The first-order valence-electron chi connectivity index (χ1n) is 7.23. The van der Waals surface area contributed by atoms with Crippen molar-refractivity contribution < 1.29 is 9.59 Å². The Labute approximate surface area is 121 Å². The highest BCUT2D eigenvalue weighted by molar-refractivity contribution is 5.78. The molecule has 0 aromatic rings. The molecule has 1 atom stereocenters. The molecule has 0 saturated carbocycles. The summed E-state index contributed by atoms with van der Waals surface area (Å²) in [6.45, 7) is 8.28. The van der Waals surface area contributed by atoms with Gasteiger partial charge in [0.25, 0.3) is 0 Å². The van der Waals surface area contributed by atoms with Gasteiger partial charge in [-0.15, -0.1) is 12.3 Å². The van der Waals surface area contributed by atoms with Crippen LogP contribution in [0.4, 0.5) is 4.79 Å². The number of hydrogen-bond acceptors (Lipinski definition) is 2. The molecule has 0 aromatic heterocycles. The number of nitrogens with zero attached hydrogens (tertiary/aromatic N) is 2. The summed E-state index contributed by atoms with van der Waals surface area (Å²) in [7, 11) is 0. The molecule has 1 rings (SSSR count). The Kier molecular flexibility index (Phi) is 6.37. The molecule has 0 spiro atoms. The maximum atomic E-state index is 12.1. The summed E-state index contributed by atoms with van der Waals surface area (Å²) >= 11 is 0. The largest absolute Gasteiger partial charge is 0.341 e. The van der Waals surface area contributed by atoms with Gasteiger partial charge in [0.2, 0.25) is 5.91 Å².